The molecule has 2 rings (SSSR count). The van der Waals surface area contributed by atoms with Gasteiger partial charge in [0.1, 0.15) is 4.21 Å². The van der Waals surface area contributed by atoms with Crippen molar-refractivity contribution in [2.24, 2.45) is 11.1 Å². The van der Waals surface area contributed by atoms with Gasteiger partial charge in [0, 0.05) is 10.9 Å². The van der Waals surface area contributed by atoms with Gasteiger partial charge in [-0.2, -0.15) is 0 Å². The van der Waals surface area contributed by atoms with E-state index in [1.54, 1.807) is 6.07 Å². The largest absolute Gasteiger partial charge is 0.330 e. The number of rotatable bonds is 5. The fourth-order valence-corrected chi connectivity index (χ4v) is 5.40. The lowest BCUT2D eigenvalue weighted by molar-refractivity contribution is 0.313. The molecule has 1 unspecified atom stereocenters. The van der Waals surface area contributed by atoms with Gasteiger partial charge < -0.3 is 5.73 Å². The van der Waals surface area contributed by atoms with E-state index in [0.717, 1.165) is 30.6 Å². The molecule has 0 radical (unpaired) electrons. The zero-order chi connectivity index (χ0) is 14.1. The van der Waals surface area contributed by atoms with E-state index < -0.39 is 10.0 Å². The molecule has 1 aromatic rings. The molecule has 1 aliphatic rings. The number of hydrogen-bond acceptors (Lipinski definition) is 4. The highest BCUT2D eigenvalue weighted by Crippen LogP contribution is 2.38. The van der Waals surface area contributed by atoms with E-state index >= 15 is 0 Å². The van der Waals surface area contributed by atoms with Crippen molar-refractivity contribution in [3.8, 4) is 0 Å². The third-order valence-electron chi connectivity index (χ3n) is 3.85. The summed E-state index contributed by atoms with van der Waals surface area (Å²) in [6.07, 6.45) is 3.81. The SMILES string of the molecule is CC1(C)CCCC1NS(=O)(=O)c1ccc(CCN)s1. The van der Waals surface area contributed by atoms with Crippen LogP contribution in [0.1, 0.15) is 38.0 Å². The van der Waals surface area contributed by atoms with Gasteiger partial charge in [0.05, 0.1) is 0 Å². The average molecular weight is 302 g/mol. The minimum Gasteiger partial charge on any atom is -0.330 e. The number of thiophene rings is 1. The van der Waals surface area contributed by atoms with E-state index in [0.29, 0.717) is 10.8 Å². The summed E-state index contributed by atoms with van der Waals surface area (Å²) in [5.74, 6) is 0. The summed E-state index contributed by atoms with van der Waals surface area (Å²) in [7, 11) is -3.38. The maximum atomic E-state index is 12.4. The molecule has 1 saturated carbocycles. The van der Waals surface area contributed by atoms with E-state index in [-0.39, 0.29) is 11.5 Å². The molecule has 0 aliphatic heterocycles. The molecule has 0 bridgehead atoms. The van der Waals surface area contributed by atoms with E-state index in [4.69, 9.17) is 5.73 Å². The Morgan fingerprint density at radius 2 is 2.21 bits per heavy atom. The van der Waals surface area contributed by atoms with Crippen molar-refractivity contribution in [1.29, 1.82) is 0 Å². The third-order valence-corrected chi connectivity index (χ3v) is 6.96. The molecule has 19 heavy (non-hydrogen) atoms. The van der Waals surface area contributed by atoms with Crippen LogP contribution in [0.15, 0.2) is 16.3 Å². The van der Waals surface area contributed by atoms with Crippen LogP contribution in [0.2, 0.25) is 0 Å². The first-order valence-corrected chi connectivity index (χ1v) is 8.96. The van der Waals surface area contributed by atoms with Gasteiger partial charge in [0.2, 0.25) is 10.0 Å². The molecule has 3 N–H and O–H groups in total. The Bertz CT molecular complexity index is 535. The Kier molecular flexibility index (Phi) is 4.35. The summed E-state index contributed by atoms with van der Waals surface area (Å²) >= 11 is 1.32. The van der Waals surface area contributed by atoms with E-state index in [1.165, 1.54) is 11.3 Å². The molecule has 4 nitrogen and oxygen atoms in total. The number of nitrogens with one attached hydrogen (secondary N) is 1. The van der Waals surface area contributed by atoms with Gasteiger partial charge in [-0.05, 0) is 43.4 Å². The van der Waals surface area contributed by atoms with Crippen LogP contribution in [0.5, 0.6) is 0 Å². The summed E-state index contributed by atoms with van der Waals surface area (Å²) in [5, 5.41) is 0. The lowest BCUT2D eigenvalue weighted by Crippen LogP contribution is -2.41. The van der Waals surface area contributed by atoms with Gasteiger partial charge in [0.15, 0.2) is 0 Å². The molecule has 6 heteroatoms. The molecule has 1 heterocycles. The highest BCUT2D eigenvalue weighted by atomic mass is 32.2. The quantitative estimate of drug-likeness (QED) is 0.875. The van der Waals surface area contributed by atoms with Crippen molar-refractivity contribution in [3.05, 3.63) is 17.0 Å². The van der Waals surface area contributed by atoms with Crippen molar-refractivity contribution in [2.75, 3.05) is 6.54 Å². The van der Waals surface area contributed by atoms with Crippen LogP contribution in [0, 0.1) is 5.41 Å². The van der Waals surface area contributed by atoms with E-state index in [9.17, 15) is 8.42 Å². The first kappa shape index (κ1) is 15.0. The summed E-state index contributed by atoms with van der Waals surface area (Å²) in [6, 6.07) is 3.57. The molecule has 1 atom stereocenters. The fourth-order valence-electron chi connectivity index (χ4n) is 2.57. The molecule has 0 aromatic carbocycles. The summed E-state index contributed by atoms with van der Waals surface area (Å²) in [6.45, 7) is 4.80. The first-order valence-electron chi connectivity index (χ1n) is 6.66. The Balaban J connectivity index is 2.13. The Hall–Kier alpha value is -0.430. The second-order valence-electron chi connectivity index (χ2n) is 5.81. The molecule has 1 aromatic heterocycles. The van der Waals surface area contributed by atoms with Crippen molar-refractivity contribution in [3.63, 3.8) is 0 Å². The highest BCUT2D eigenvalue weighted by molar-refractivity contribution is 7.91. The Labute approximate surface area is 119 Å². The number of nitrogens with two attached hydrogens (primary N) is 1. The van der Waals surface area contributed by atoms with Crippen LogP contribution in [0.4, 0.5) is 0 Å². The third kappa shape index (κ3) is 3.37. The number of sulfonamides is 1. The molecule has 108 valence electrons. The summed E-state index contributed by atoms with van der Waals surface area (Å²) < 4.78 is 28.0. The minimum atomic E-state index is -3.38. The van der Waals surface area contributed by atoms with Crippen LogP contribution in [-0.4, -0.2) is 21.0 Å². The van der Waals surface area contributed by atoms with Gasteiger partial charge in [0.25, 0.3) is 0 Å². The van der Waals surface area contributed by atoms with Crippen molar-refractivity contribution >= 4 is 21.4 Å². The van der Waals surface area contributed by atoms with Gasteiger partial charge in [-0.3, -0.25) is 0 Å². The van der Waals surface area contributed by atoms with Crippen LogP contribution in [0.25, 0.3) is 0 Å². The number of hydrogen-bond donors (Lipinski definition) is 2. The van der Waals surface area contributed by atoms with Crippen molar-refractivity contribution < 1.29 is 8.42 Å². The van der Waals surface area contributed by atoms with Crippen LogP contribution in [0.3, 0.4) is 0 Å². The lowest BCUT2D eigenvalue weighted by Gasteiger charge is -2.27. The molecule has 1 aliphatic carbocycles. The van der Waals surface area contributed by atoms with E-state index in [1.807, 2.05) is 6.07 Å². The maximum Gasteiger partial charge on any atom is 0.250 e. The van der Waals surface area contributed by atoms with Crippen LogP contribution >= 0.6 is 11.3 Å². The van der Waals surface area contributed by atoms with Gasteiger partial charge in [-0.25, -0.2) is 13.1 Å². The Morgan fingerprint density at radius 1 is 1.47 bits per heavy atom. The monoisotopic (exact) mass is 302 g/mol. The molecule has 1 fully saturated rings. The molecular weight excluding hydrogens is 280 g/mol. The highest BCUT2D eigenvalue weighted by Gasteiger charge is 2.37. The van der Waals surface area contributed by atoms with Crippen molar-refractivity contribution in [2.45, 2.75) is 49.8 Å². The zero-order valence-electron chi connectivity index (χ0n) is 11.5. The van der Waals surface area contributed by atoms with Crippen molar-refractivity contribution in [1.82, 2.24) is 4.72 Å². The van der Waals surface area contributed by atoms with Gasteiger partial charge in [-0.1, -0.05) is 20.3 Å². The molecule has 0 saturated heterocycles. The standard InChI is InChI=1S/C13H22N2O2S2/c1-13(2)8-3-4-11(13)15-19(16,17)12-6-5-10(18-12)7-9-14/h5-6,11,15H,3-4,7-9,14H2,1-2H3. The smallest absolute Gasteiger partial charge is 0.250 e. The minimum absolute atomic E-state index is 0.0394. The zero-order valence-corrected chi connectivity index (χ0v) is 13.1. The second kappa shape index (κ2) is 5.52. The predicted molar refractivity (Wildman–Crippen MR) is 78.8 cm³/mol. The van der Waals surface area contributed by atoms with E-state index in [2.05, 4.69) is 18.6 Å². The van der Waals surface area contributed by atoms with Crippen LogP contribution in [-0.2, 0) is 16.4 Å². The Morgan fingerprint density at radius 3 is 2.79 bits per heavy atom. The topological polar surface area (TPSA) is 72.2 Å². The molecule has 0 spiro atoms. The normalized spacial score (nSPS) is 22.8. The molecular formula is C13H22N2O2S2. The second-order valence-corrected chi connectivity index (χ2v) is 8.92. The predicted octanol–water partition coefficient (Wildman–Crippen LogP) is 2.11. The van der Waals surface area contributed by atoms with Crippen LogP contribution < -0.4 is 10.5 Å². The fraction of sp³-hybridized carbons (Fsp3) is 0.692. The van der Waals surface area contributed by atoms with Gasteiger partial charge >= 0.3 is 0 Å². The maximum absolute atomic E-state index is 12.4. The lowest BCUT2D eigenvalue weighted by atomic mass is 9.88. The average Bonchev–Trinajstić information content (AvgIpc) is 2.88. The van der Waals surface area contributed by atoms with Gasteiger partial charge in [-0.15, -0.1) is 11.3 Å². The molecule has 0 amide bonds. The first-order chi connectivity index (χ1) is 8.85. The summed E-state index contributed by atoms with van der Waals surface area (Å²) in [5.41, 5.74) is 5.53. The summed E-state index contributed by atoms with van der Waals surface area (Å²) in [4.78, 5) is 1.02.